The molecule has 0 spiro atoms. The molecule has 0 saturated carbocycles. The third-order valence-electron chi connectivity index (χ3n) is 3.84. The number of hydrazine groups is 1. The highest BCUT2D eigenvalue weighted by molar-refractivity contribution is 5.30. The van der Waals surface area contributed by atoms with Crippen LogP contribution in [-0.4, -0.2) is 19.2 Å². The van der Waals surface area contributed by atoms with Crippen LogP contribution in [0.15, 0.2) is 24.3 Å². The van der Waals surface area contributed by atoms with E-state index in [4.69, 9.17) is 10.5 Å². The molecule has 0 aliphatic carbocycles. The molecule has 106 valence electrons. The molecule has 0 amide bonds. The first-order chi connectivity index (χ1) is 9.26. The summed E-state index contributed by atoms with van der Waals surface area (Å²) >= 11 is 0. The number of hydrogen-bond donors (Lipinski definition) is 3. The minimum atomic E-state index is 0.318. The molecule has 0 radical (unpaired) electrons. The van der Waals surface area contributed by atoms with Gasteiger partial charge in [-0.3, -0.25) is 5.43 Å². The molecule has 1 saturated heterocycles. The number of hydrogen-bond acceptors (Lipinski definition) is 4. The van der Waals surface area contributed by atoms with Gasteiger partial charge in [0.15, 0.2) is 0 Å². The standard InChI is InChI=1S/C15H25N3O/c1-3-4-9-19-13-7-5-12(6-8-13)15-11(2)14(10-16)17-18-15/h5-8,11,14-15,17-18H,3-4,9-10,16H2,1-2H3. The maximum absolute atomic E-state index is 5.73. The number of unbranched alkanes of at least 4 members (excludes halogenated alkanes) is 1. The Balaban J connectivity index is 1.95. The van der Waals surface area contributed by atoms with Crippen molar-refractivity contribution in [2.24, 2.45) is 11.7 Å². The Morgan fingerprint density at radius 3 is 2.53 bits per heavy atom. The van der Waals surface area contributed by atoms with E-state index in [-0.39, 0.29) is 0 Å². The summed E-state index contributed by atoms with van der Waals surface area (Å²) in [6, 6.07) is 9.03. The van der Waals surface area contributed by atoms with Crippen molar-refractivity contribution < 1.29 is 4.74 Å². The Morgan fingerprint density at radius 1 is 1.21 bits per heavy atom. The summed E-state index contributed by atoms with van der Waals surface area (Å²) in [7, 11) is 0. The van der Waals surface area contributed by atoms with Crippen LogP contribution in [-0.2, 0) is 0 Å². The maximum atomic E-state index is 5.73. The van der Waals surface area contributed by atoms with Gasteiger partial charge in [0.05, 0.1) is 12.6 Å². The van der Waals surface area contributed by atoms with E-state index >= 15 is 0 Å². The van der Waals surface area contributed by atoms with Crippen LogP contribution >= 0.6 is 0 Å². The van der Waals surface area contributed by atoms with Crippen LogP contribution in [0.5, 0.6) is 5.75 Å². The second kappa shape index (κ2) is 6.89. The number of nitrogens with one attached hydrogen (secondary N) is 2. The molecule has 1 fully saturated rings. The number of ether oxygens (including phenoxy) is 1. The monoisotopic (exact) mass is 263 g/mol. The van der Waals surface area contributed by atoms with Gasteiger partial charge in [-0.1, -0.05) is 32.4 Å². The molecular weight excluding hydrogens is 238 g/mol. The third-order valence-corrected chi connectivity index (χ3v) is 3.84. The quantitative estimate of drug-likeness (QED) is 0.687. The van der Waals surface area contributed by atoms with Crippen molar-refractivity contribution in [2.75, 3.05) is 13.2 Å². The van der Waals surface area contributed by atoms with E-state index in [1.165, 1.54) is 5.56 Å². The van der Waals surface area contributed by atoms with Gasteiger partial charge < -0.3 is 10.5 Å². The van der Waals surface area contributed by atoms with E-state index in [1.807, 2.05) is 0 Å². The zero-order valence-electron chi connectivity index (χ0n) is 11.9. The average molecular weight is 263 g/mol. The summed E-state index contributed by atoms with van der Waals surface area (Å²) < 4.78 is 5.68. The molecule has 2 rings (SSSR count). The number of benzene rings is 1. The van der Waals surface area contributed by atoms with Crippen LogP contribution < -0.4 is 21.3 Å². The molecule has 3 unspecified atom stereocenters. The van der Waals surface area contributed by atoms with E-state index in [1.54, 1.807) is 0 Å². The van der Waals surface area contributed by atoms with Crippen molar-refractivity contribution in [3.8, 4) is 5.75 Å². The van der Waals surface area contributed by atoms with Crippen molar-refractivity contribution in [2.45, 2.75) is 38.8 Å². The smallest absolute Gasteiger partial charge is 0.119 e. The normalized spacial score (nSPS) is 26.6. The zero-order valence-corrected chi connectivity index (χ0v) is 11.9. The predicted octanol–water partition coefficient (Wildman–Crippen LogP) is 1.98. The lowest BCUT2D eigenvalue weighted by Crippen LogP contribution is -2.37. The van der Waals surface area contributed by atoms with Crippen LogP contribution in [0.3, 0.4) is 0 Å². The molecule has 4 nitrogen and oxygen atoms in total. The Hall–Kier alpha value is -1.10. The van der Waals surface area contributed by atoms with Crippen molar-refractivity contribution in [1.82, 2.24) is 10.9 Å². The molecule has 1 aliphatic heterocycles. The van der Waals surface area contributed by atoms with Gasteiger partial charge in [0.2, 0.25) is 0 Å². The highest BCUT2D eigenvalue weighted by Gasteiger charge is 2.32. The summed E-state index contributed by atoms with van der Waals surface area (Å²) in [5, 5.41) is 0. The summed E-state index contributed by atoms with van der Waals surface area (Å²) in [5.74, 6) is 1.43. The lowest BCUT2D eigenvalue weighted by atomic mass is 9.91. The van der Waals surface area contributed by atoms with Crippen LogP contribution in [0.4, 0.5) is 0 Å². The summed E-state index contributed by atoms with van der Waals surface area (Å²) in [6.07, 6.45) is 2.26. The van der Waals surface area contributed by atoms with Crippen molar-refractivity contribution in [3.63, 3.8) is 0 Å². The Morgan fingerprint density at radius 2 is 1.95 bits per heavy atom. The van der Waals surface area contributed by atoms with Crippen LogP contribution in [0.1, 0.15) is 38.3 Å². The molecule has 1 aliphatic rings. The van der Waals surface area contributed by atoms with E-state index in [0.717, 1.165) is 25.2 Å². The van der Waals surface area contributed by atoms with Gasteiger partial charge in [-0.25, -0.2) is 5.43 Å². The topological polar surface area (TPSA) is 59.3 Å². The molecule has 1 aromatic rings. The Labute approximate surface area is 115 Å². The van der Waals surface area contributed by atoms with E-state index < -0.39 is 0 Å². The Kier molecular flexibility index (Phi) is 5.19. The second-order valence-electron chi connectivity index (χ2n) is 5.24. The number of nitrogens with two attached hydrogens (primary N) is 1. The van der Waals surface area contributed by atoms with Crippen LogP contribution in [0, 0.1) is 5.92 Å². The van der Waals surface area contributed by atoms with Gasteiger partial charge in [-0.2, -0.15) is 0 Å². The predicted molar refractivity (Wildman–Crippen MR) is 77.9 cm³/mol. The molecule has 4 N–H and O–H groups in total. The molecule has 4 heteroatoms. The van der Waals surface area contributed by atoms with Gasteiger partial charge in [-0.15, -0.1) is 0 Å². The van der Waals surface area contributed by atoms with Crippen molar-refractivity contribution in [3.05, 3.63) is 29.8 Å². The van der Waals surface area contributed by atoms with Crippen LogP contribution in [0.25, 0.3) is 0 Å². The summed E-state index contributed by atoms with van der Waals surface area (Å²) in [4.78, 5) is 0. The molecule has 1 aromatic carbocycles. The minimum Gasteiger partial charge on any atom is -0.494 e. The fourth-order valence-corrected chi connectivity index (χ4v) is 2.46. The SMILES string of the molecule is CCCCOc1ccc(C2NNC(CN)C2C)cc1. The highest BCUT2D eigenvalue weighted by atomic mass is 16.5. The summed E-state index contributed by atoms with van der Waals surface area (Å²) in [5.41, 5.74) is 13.6. The largest absolute Gasteiger partial charge is 0.494 e. The molecular formula is C15H25N3O. The van der Waals surface area contributed by atoms with E-state index in [9.17, 15) is 0 Å². The maximum Gasteiger partial charge on any atom is 0.119 e. The zero-order chi connectivity index (χ0) is 13.7. The third kappa shape index (κ3) is 3.47. The lowest BCUT2D eigenvalue weighted by Gasteiger charge is -2.18. The number of rotatable bonds is 6. The van der Waals surface area contributed by atoms with Gasteiger partial charge in [-0.05, 0) is 30.0 Å². The van der Waals surface area contributed by atoms with Crippen molar-refractivity contribution in [1.29, 1.82) is 0 Å². The van der Waals surface area contributed by atoms with Gasteiger partial charge in [0.1, 0.15) is 5.75 Å². The average Bonchev–Trinajstić information content (AvgIpc) is 2.81. The molecule has 19 heavy (non-hydrogen) atoms. The molecule has 3 atom stereocenters. The fourth-order valence-electron chi connectivity index (χ4n) is 2.46. The highest BCUT2D eigenvalue weighted by Crippen LogP contribution is 2.29. The molecule has 0 aromatic heterocycles. The van der Waals surface area contributed by atoms with Crippen molar-refractivity contribution >= 4 is 0 Å². The second-order valence-corrected chi connectivity index (χ2v) is 5.24. The first kappa shape index (κ1) is 14.3. The fraction of sp³-hybridized carbons (Fsp3) is 0.600. The molecule has 1 heterocycles. The minimum absolute atomic E-state index is 0.318. The first-order valence-electron chi connectivity index (χ1n) is 7.20. The van der Waals surface area contributed by atoms with E-state index in [0.29, 0.717) is 24.5 Å². The van der Waals surface area contributed by atoms with Gasteiger partial charge in [0.25, 0.3) is 0 Å². The van der Waals surface area contributed by atoms with Gasteiger partial charge >= 0.3 is 0 Å². The van der Waals surface area contributed by atoms with Gasteiger partial charge in [0, 0.05) is 12.6 Å². The summed E-state index contributed by atoms with van der Waals surface area (Å²) in [6.45, 7) is 5.84. The Bertz CT molecular complexity index is 379. The lowest BCUT2D eigenvalue weighted by molar-refractivity contribution is 0.309. The van der Waals surface area contributed by atoms with E-state index in [2.05, 4.69) is 49.0 Å². The first-order valence-corrected chi connectivity index (χ1v) is 7.20. The molecule has 0 bridgehead atoms. The van der Waals surface area contributed by atoms with Crippen LogP contribution in [0.2, 0.25) is 0 Å².